The molecule has 0 radical (unpaired) electrons. The molecule has 0 bridgehead atoms. The van der Waals surface area contributed by atoms with Crippen molar-refractivity contribution in [2.24, 2.45) is 0 Å². The summed E-state index contributed by atoms with van der Waals surface area (Å²) in [4.78, 5) is 0. The molecule has 2 aromatic rings. The van der Waals surface area contributed by atoms with Crippen molar-refractivity contribution in [1.29, 1.82) is 0 Å². The smallest absolute Gasteiger partial charge is 0.416 e. The van der Waals surface area contributed by atoms with E-state index in [-0.39, 0.29) is 5.58 Å². The van der Waals surface area contributed by atoms with E-state index in [0.29, 0.717) is 5.39 Å². The molecule has 0 saturated heterocycles. The SMILES string of the molecule is FC(F)(F)c1ccc2c(I)coc2c1. The molecular formula is C9H4F3IO. The Labute approximate surface area is 91.0 Å². The monoisotopic (exact) mass is 312 g/mol. The molecule has 0 amide bonds. The Kier molecular flexibility index (Phi) is 2.21. The van der Waals surface area contributed by atoms with Gasteiger partial charge in [0.2, 0.25) is 0 Å². The van der Waals surface area contributed by atoms with Crippen LogP contribution >= 0.6 is 22.6 Å². The van der Waals surface area contributed by atoms with E-state index in [4.69, 9.17) is 4.42 Å². The van der Waals surface area contributed by atoms with Crippen molar-refractivity contribution in [3.8, 4) is 0 Å². The van der Waals surface area contributed by atoms with Gasteiger partial charge in [0.1, 0.15) is 11.8 Å². The van der Waals surface area contributed by atoms with E-state index >= 15 is 0 Å². The number of halogens is 4. The maximum atomic E-state index is 12.3. The molecule has 1 aromatic carbocycles. The summed E-state index contributed by atoms with van der Waals surface area (Å²) in [7, 11) is 0. The Morgan fingerprint density at radius 3 is 2.57 bits per heavy atom. The third-order valence-electron chi connectivity index (χ3n) is 1.86. The maximum absolute atomic E-state index is 12.3. The molecule has 14 heavy (non-hydrogen) atoms. The van der Waals surface area contributed by atoms with Crippen molar-refractivity contribution in [3.63, 3.8) is 0 Å². The second-order valence-electron chi connectivity index (χ2n) is 2.79. The van der Waals surface area contributed by atoms with Gasteiger partial charge in [-0.2, -0.15) is 13.2 Å². The van der Waals surface area contributed by atoms with Gasteiger partial charge in [-0.05, 0) is 40.8 Å². The minimum atomic E-state index is -4.31. The topological polar surface area (TPSA) is 13.1 Å². The Morgan fingerprint density at radius 2 is 1.93 bits per heavy atom. The summed E-state index contributed by atoms with van der Waals surface area (Å²) >= 11 is 2.01. The van der Waals surface area contributed by atoms with Gasteiger partial charge in [-0.3, -0.25) is 0 Å². The van der Waals surface area contributed by atoms with Crippen molar-refractivity contribution in [3.05, 3.63) is 33.6 Å². The summed E-state index contributed by atoms with van der Waals surface area (Å²) in [6.07, 6.45) is -2.88. The van der Waals surface area contributed by atoms with Crippen LogP contribution in [0.3, 0.4) is 0 Å². The average Bonchev–Trinajstić information content (AvgIpc) is 2.46. The number of benzene rings is 1. The number of hydrogen-bond acceptors (Lipinski definition) is 1. The van der Waals surface area contributed by atoms with Crippen LogP contribution in [0.4, 0.5) is 13.2 Å². The van der Waals surface area contributed by atoms with Gasteiger partial charge < -0.3 is 4.42 Å². The number of fused-ring (bicyclic) bond motifs is 1. The standard InChI is InChI=1S/C9H4F3IO/c10-9(11,12)5-1-2-6-7(13)4-14-8(6)3-5/h1-4H. The number of hydrogen-bond donors (Lipinski definition) is 0. The van der Waals surface area contributed by atoms with Crippen LogP contribution in [0.2, 0.25) is 0 Å². The molecule has 5 heteroatoms. The maximum Gasteiger partial charge on any atom is 0.416 e. The first kappa shape index (κ1) is 9.82. The number of furan rings is 1. The normalized spacial score (nSPS) is 12.3. The lowest BCUT2D eigenvalue weighted by Gasteiger charge is -2.05. The highest BCUT2D eigenvalue weighted by Crippen LogP contribution is 2.32. The van der Waals surface area contributed by atoms with Crippen LogP contribution in [-0.2, 0) is 6.18 Å². The summed E-state index contributed by atoms with van der Waals surface area (Å²) in [5, 5.41) is 0.707. The average molecular weight is 312 g/mol. The fraction of sp³-hybridized carbons (Fsp3) is 0.111. The summed E-state index contributed by atoms with van der Waals surface area (Å²) < 4.78 is 42.6. The molecule has 0 unspecified atom stereocenters. The Morgan fingerprint density at radius 1 is 1.21 bits per heavy atom. The highest BCUT2D eigenvalue weighted by Gasteiger charge is 2.30. The molecule has 0 atom stereocenters. The van der Waals surface area contributed by atoms with Gasteiger partial charge in [0.05, 0.1) is 9.13 Å². The summed E-state index contributed by atoms with van der Waals surface area (Å²) in [5.41, 5.74) is -0.417. The van der Waals surface area contributed by atoms with Crippen LogP contribution in [0.15, 0.2) is 28.9 Å². The first-order chi connectivity index (χ1) is 6.48. The molecule has 0 aliphatic rings. The molecule has 1 heterocycles. The molecule has 2 rings (SSSR count). The molecule has 1 aromatic heterocycles. The van der Waals surface area contributed by atoms with Gasteiger partial charge >= 0.3 is 6.18 Å². The lowest BCUT2D eigenvalue weighted by molar-refractivity contribution is -0.137. The second-order valence-corrected chi connectivity index (χ2v) is 3.95. The molecule has 0 N–H and O–H groups in total. The minimum absolute atomic E-state index is 0.268. The fourth-order valence-electron chi connectivity index (χ4n) is 1.17. The summed E-state index contributed by atoms with van der Waals surface area (Å²) in [6, 6.07) is 3.49. The van der Waals surface area contributed by atoms with E-state index in [9.17, 15) is 13.2 Å². The molecule has 74 valence electrons. The Hall–Kier alpha value is -0.720. The van der Waals surface area contributed by atoms with E-state index in [2.05, 4.69) is 0 Å². The van der Waals surface area contributed by atoms with Crippen LogP contribution in [0.5, 0.6) is 0 Å². The lowest BCUT2D eigenvalue weighted by atomic mass is 10.2. The lowest BCUT2D eigenvalue weighted by Crippen LogP contribution is -2.03. The zero-order valence-electron chi connectivity index (χ0n) is 6.73. The summed E-state index contributed by atoms with van der Waals surface area (Å²) in [6.45, 7) is 0. The van der Waals surface area contributed by atoms with Crippen LogP contribution in [0.25, 0.3) is 11.0 Å². The van der Waals surface area contributed by atoms with Crippen molar-refractivity contribution in [2.45, 2.75) is 6.18 Å². The molecule has 0 aliphatic carbocycles. The van der Waals surface area contributed by atoms with E-state index in [1.807, 2.05) is 22.6 Å². The first-order valence-corrected chi connectivity index (χ1v) is 4.80. The zero-order valence-corrected chi connectivity index (χ0v) is 8.89. The third kappa shape index (κ3) is 1.60. The van der Waals surface area contributed by atoms with E-state index < -0.39 is 11.7 Å². The van der Waals surface area contributed by atoms with Crippen LogP contribution in [-0.4, -0.2) is 0 Å². The van der Waals surface area contributed by atoms with Gasteiger partial charge in [-0.15, -0.1) is 0 Å². The highest BCUT2D eigenvalue weighted by molar-refractivity contribution is 14.1. The number of rotatable bonds is 0. The molecule has 0 aliphatic heterocycles. The number of alkyl halides is 3. The zero-order chi connectivity index (χ0) is 10.3. The van der Waals surface area contributed by atoms with Gasteiger partial charge in [0.15, 0.2) is 0 Å². The Balaban J connectivity index is 2.63. The van der Waals surface area contributed by atoms with E-state index in [1.165, 1.54) is 12.3 Å². The van der Waals surface area contributed by atoms with E-state index in [0.717, 1.165) is 15.7 Å². The van der Waals surface area contributed by atoms with Crippen molar-refractivity contribution in [1.82, 2.24) is 0 Å². The predicted molar refractivity (Wildman–Crippen MR) is 53.9 cm³/mol. The molecular weight excluding hydrogens is 308 g/mol. The molecule has 0 spiro atoms. The van der Waals surface area contributed by atoms with Crippen molar-refractivity contribution in [2.75, 3.05) is 0 Å². The van der Waals surface area contributed by atoms with Gasteiger partial charge in [-0.1, -0.05) is 0 Å². The minimum Gasteiger partial charge on any atom is -0.463 e. The van der Waals surface area contributed by atoms with Crippen LogP contribution in [0, 0.1) is 3.57 Å². The van der Waals surface area contributed by atoms with Gasteiger partial charge in [-0.25, -0.2) is 0 Å². The largest absolute Gasteiger partial charge is 0.463 e. The quantitative estimate of drug-likeness (QED) is 0.669. The van der Waals surface area contributed by atoms with Crippen LogP contribution in [0.1, 0.15) is 5.56 Å². The van der Waals surface area contributed by atoms with Gasteiger partial charge in [0.25, 0.3) is 0 Å². The predicted octanol–water partition coefficient (Wildman–Crippen LogP) is 4.06. The van der Waals surface area contributed by atoms with Gasteiger partial charge in [0, 0.05) is 5.39 Å². The van der Waals surface area contributed by atoms with Crippen molar-refractivity contribution >= 4 is 33.6 Å². The molecule has 0 saturated carbocycles. The molecule has 1 nitrogen and oxygen atoms in total. The third-order valence-corrected chi connectivity index (χ3v) is 2.69. The van der Waals surface area contributed by atoms with Crippen molar-refractivity contribution < 1.29 is 17.6 Å². The second kappa shape index (κ2) is 3.15. The molecule has 0 fully saturated rings. The van der Waals surface area contributed by atoms with E-state index in [1.54, 1.807) is 0 Å². The summed E-state index contributed by atoms with van der Waals surface area (Å²) in [5.74, 6) is 0. The van der Waals surface area contributed by atoms with Crippen LogP contribution < -0.4 is 0 Å². The Bertz CT molecular complexity index is 472. The fourth-order valence-corrected chi connectivity index (χ4v) is 1.74. The first-order valence-electron chi connectivity index (χ1n) is 3.72. The highest BCUT2D eigenvalue weighted by atomic mass is 127.